The Morgan fingerprint density at radius 2 is 2.07 bits per heavy atom. The van der Waals surface area contributed by atoms with E-state index in [2.05, 4.69) is 25.9 Å². The molecule has 1 aromatic heterocycles. The fourth-order valence-electron chi connectivity index (χ4n) is 0.901. The Morgan fingerprint density at radius 1 is 1.50 bits per heavy atom. The lowest BCUT2D eigenvalue weighted by Crippen LogP contribution is -2.18. The maximum absolute atomic E-state index is 11.0. The number of carbonyl (C=O) groups is 1. The van der Waals surface area contributed by atoms with Crippen LogP contribution in [0.3, 0.4) is 0 Å². The van der Waals surface area contributed by atoms with Crippen LogP contribution in [0.15, 0.2) is 10.7 Å². The molecule has 1 rings (SSSR count). The third-order valence-electron chi connectivity index (χ3n) is 1.65. The molecule has 14 heavy (non-hydrogen) atoms. The van der Waals surface area contributed by atoms with Crippen molar-refractivity contribution in [3.05, 3.63) is 29.1 Å². The highest BCUT2D eigenvalue weighted by atomic mass is 79.9. The second-order valence-electron chi connectivity index (χ2n) is 4.00. The summed E-state index contributed by atoms with van der Waals surface area (Å²) in [4.78, 5) is 19.2. The molecule has 0 N–H and O–H groups in total. The number of aromatic nitrogens is 2. The van der Waals surface area contributed by atoms with Crippen molar-refractivity contribution in [3.8, 4) is 0 Å². The van der Waals surface area contributed by atoms with Gasteiger partial charge in [-0.05, 0) is 15.9 Å². The first-order chi connectivity index (χ1) is 6.32. The van der Waals surface area contributed by atoms with E-state index in [1.807, 2.05) is 20.8 Å². The Balaban J connectivity index is 3.27. The minimum absolute atomic E-state index is 0.190. The van der Waals surface area contributed by atoms with Crippen LogP contribution in [0.5, 0.6) is 0 Å². The number of ketones is 1. The Bertz CT molecular complexity index is 369. The molecule has 0 aromatic carbocycles. The number of halogens is 1. The summed E-state index contributed by atoms with van der Waals surface area (Å²) < 4.78 is 0.526. The van der Waals surface area contributed by atoms with E-state index in [1.54, 1.807) is 6.20 Å². The van der Waals surface area contributed by atoms with Crippen LogP contribution in [0, 0.1) is 6.92 Å². The molecular weight excluding hydrogens is 244 g/mol. The largest absolute Gasteiger partial charge is 0.292 e. The lowest BCUT2D eigenvalue weighted by atomic mass is 9.95. The Morgan fingerprint density at radius 3 is 2.50 bits per heavy atom. The van der Waals surface area contributed by atoms with E-state index < -0.39 is 5.78 Å². The molecule has 1 heterocycles. The predicted molar refractivity (Wildman–Crippen MR) is 57.1 cm³/mol. The first-order valence-electron chi connectivity index (χ1n) is 4.15. The van der Waals surface area contributed by atoms with Gasteiger partial charge in [0.25, 0.3) is 0 Å². The van der Waals surface area contributed by atoms with E-state index in [0.29, 0.717) is 10.3 Å². The first-order valence-corrected chi connectivity index (χ1v) is 4.94. The Hall–Kier alpha value is -0.770. The summed E-state index contributed by atoms with van der Waals surface area (Å²) in [5.41, 5.74) is 0.0372. The van der Waals surface area contributed by atoms with Gasteiger partial charge >= 0.3 is 0 Å². The van der Waals surface area contributed by atoms with Crippen LogP contribution in [0.2, 0.25) is 0 Å². The summed E-state index contributed by atoms with van der Waals surface area (Å²) >= 11 is 3.17. The summed E-state index contributed by atoms with van der Waals surface area (Å²) in [5.74, 6) is 0.0549. The highest BCUT2D eigenvalue weighted by Crippen LogP contribution is 2.21. The summed E-state index contributed by atoms with van der Waals surface area (Å²) in [7, 11) is 0. The van der Waals surface area contributed by atoms with Gasteiger partial charge in [-0.3, -0.25) is 4.79 Å². The van der Waals surface area contributed by atoms with Crippen LogP contribution in [0.25, 0.3) is 0 Å². The van der Waals surface area contributed by atoms with Gasteiger partial charge in [0, 0.05) is 18.5 Å². The molecule has 0 bridgehead atoms. The minimum atomic E-state index is -0.551. The highest BCUT2D eigenvalue weighted by Gasteiger charge is 2.19. The number of rotatable bonds is 1. The van der Waals surface area contributed by atoms with Gasteiger partial charge in [-0.1, -0.05) is 20.8 Å². The van der Waals surface area contributed by atoms with E-state index in [1.165, 1.54) is 0 Å². The van der Waals surface area contributed by atoms with Crippen LogP contribution < -0.4 is 0 Å². The summed E-state index contributed by atoms with van der Waals surface area (Å²) in [5, 5.41) is 0. The van der Waals surface area contributed by atoms with E-state index in [0.717, 1.165) is 0 Å². The summed E-state index contributed by atoms with van der Waals surface area (Å²) in [6.45, 7) is 11.1. The Labute approximate surface area is 92.1 Å². The fourth-order valence-corrected chi connectivity index (χ4v) is 1.29. The SMILES string of the molecule is [CH]C(=O)c1nc(C(C)(C)C)ncc1Br. The van der Waals surface area contributed by atoms with Crippen molar-refractivity contribution in [1.82, 2.24) is 9.97 Å². The lowest BCUT2D eigenvalue weighted by Gasteiger charge is -2.16. The normalized spacial score (nSPS) is 11.5. The van der Waals surface area contributed by atoms with Gasteiger partial charge in [0.2, 0.25) is 0 Å². The van der Waals surface area contributed by atoms with Gasteiger partial charge in [-0.25, -0.2) is 9.97 Å². The van der Waals surface area contributed by atoms with Gasteiger partial charge in [-0.2, -0.15) is 0 Å². The molecular formula is C10H11BrN2O. The molecule has 0 aliphatic rings. The molecule has 2 radical (unpaired) electrons. The van der Waals surface area contributed by atoms with Crippen LogP contribution in [0.4, 0.5) is 0 Å². The molecule has 0 saturated carbocycles. The third kappa shape index (κ3) is 2.38. The van der Waals surface area contributed by atoms with Crippen molar-refractivity contribution in [1.29, 1.82) is 0 Å². The molecule has 0 amide bonds. The number of hydrogen-bond acceptors (Lipinski definition) is 3. The Kier molecular flexibility index (Phi) is 3.04. The predicted octanol–water partition coefficient (Wildman–Crippen LogP) is 2.43. The van der Waals surface area contributed by atoms with Gasteiger partial charge < -0.3 is 0 Å². The molecule has 74 valence electrons. The van der Waals surface area contributed by atoms with E-state index in [4.69, 9.17) is 6.92 Å². The van der Waals surface area contributed by atoms with Crippen LogP contribution in [-0.4, -0.2) is 15.8 Å². The quantitative estimate of drug-likeness (QED) is 0.724. The van der Waals surface area contributed by atoms with Crippen molar-refractivity contribution < 1.29 is 4.79 Å². The number of Topliss-reactive ketones (excluding diaryl/α,β-unsaturated/α-hetero) is 1. The second-order valence-corrected chi connectivity index (χ2v) is 4.86. The molecule has 0 unspecified atom stereocenters. The molecule has 4 heteroatoms. The monoisotopic (exact) mass is 254 g/mol. The lowest BCUT2D eigenvalue weighted by molar-refractivity contribution is 0.103. The maximum Gasteiger partial charge on any atom is 0.187 e. The van der Waals surface area contributed by atoms with Crippen LogP contribution in [-0.2, 0) is 5.41 Å². The number of nitrogens with zero attached hydrogens (tertiary/aromatic N) is 2. The van der Waals surface area contributed by atoms with Crippen molar-refractivity contribution in [2.45, 2.75) is 26.2 Å². The van der Waals surface area contributed by atoms with Crippen molar-refractivity contribution in [2.75, 3.05) is 0 Å². The standard InChI is InChI=1S/C10H11BrN2O/c1-6(14)8-7(11)5-12-9(13-8)10(2,3)4/h1,5H,2-4H3. The van der Waals surface area contributed by atoms with E-state index in [9.17, 15) is 4.79 Å². The molecule has 0 aliphatic heterocycles. The highest BCUT2D eigenvalue weighted by molar-refractivity contribution is 9.10. The molecule has 0 fully saturated rings. The maximum atomic E-state index is 11.0. The van der Waals surface area contributed by atoms with Crippen molar-refractivity contribution >= 4 is 21.7 Å². The van der Waals surface area contributed by atoms with E-state index >= 15 is 0 Å². The molecule has 0 spiro atoms. The summed E-state index contributed by atoms with van der Waals surface area (Å²) in [6.07, 6.45) is 1.55. The molecule has 0 saturated heterocycles. The molecule has 3 nitrogen and oxygen atoms in total. The van der Waals surface area contributed by atoms with E-state index in [-0.39, 0.29) is 11.1 Å². The average Bonchev–Trinajstić information content (AvgIpc) is 2.02. The van der Waals surface area contributed by atoms with Gasteiger partial charge in [0.15, 0.2) is 5.78 Å². The number of hydrogen-bond donors (Lipinski definition) is 0. The molecule has 1 aromatic rings. The second kappa shape index (κ2) is 3.77. The molecule has 0 aliphatic carbocycles. The topological polar surface area (TPSA) is 42.9 Å². The van der Waals surface area contributed by atoms with Gasteiger partial charge in [0.05, 0.1) is 4.47 Å². The van der Waals surface area contributed by atoms with Crippen LogP contribution >= 0.6 is 15.9 Å². The van der Waals surface area contributed by atoms with Gasteiger partial charge in [0.1, 0.15) is 11.5 Å². The zero-order valence-electron chi connectivity index (χ0n) is 8.34. The van der Waals surface area contributed by atoms with Crippen LogP contribution in [0.1, 0.15) is 37.1 Å². The zero-order valence-corrected chi connectivity index (χ0v) is 9.92. The van der Waals surface area contributed by atoms with Crippen molar-refractivity contribution in [2.24, 2.45) is 0 Å². The first kappa shape index (κ1) is 11.3. The smallest absolute Gasteiger partial charge is 0.187 e. The summed E-state index contributed by atoms with van der Waals surface area (Å²) in [6, 6.07) is 0. The third-order valence-corrected chi connectivity index (χ3v) is 2.23. The number of carbonyl (C=O) groups excluding carboxylic acids is 1. The zero-order chi connectivity index (χ0) is 10.9. The molecule has 0 atom stereocenters. The minimum Gasteiger partial charge on any atom is -0.292 e. The fraction of sp³-hybridized carbons (Fsp3) is 0.400. The van der Waals surface area contributed by atoms with Crippen molar-refractivity contribution in [3.63, 3.8) is 0 Å². The average molecular weight is 255 g/mol. The van der Waals surface area contributed by atoms with Gasteiger partial charge in [-0.15, -0.1) is 0 Å².